The summed E-state index contributed by atoms with van der Waals surface area (Å²) in [5, 5.41) is 9.38. The molecular formula is C28H32ClN5O3. The molecule has 4 rings (SSSR count). The highest BCUT2D eigenvalue weighted by atomic mass is 35.5. The maximum atomic E-state index is 13.2. The van der Waals surface area contributed by atoms with Gasteiger partial charge in [0.25, 0.3) is 5.91 Å². The van der Waals surface area contributed by atoms with Gasteiger partial charge in [0.05, 0.1) is 17.8 Å². The average molecular weight is 522 g/mol. The highest BCUT2D eigenvalue weighted by Crippen LogP contribution is 2.26. The molecule has 1 aromatic heterocycles. The SMILES string of the molecule is COc1ccc(C(=O)N(CC(=O)N2CCN(c3ccc(-c4ccccc4Cl)nn3)CC2)CC(C)C)cc1. The van der Waals surface area contributed by atoms with E-state index in [1.165, 1.54) is 0 Å². The highest BCUT2D eigenvalue weighted by molar-refractivity contribution is 6.33. The van der Waals surface area contributed by atoms with Gasteiger partial charge in [-0.2, -0.15) is 0 Å². The molecule has 0 unspecified atom stereocenters. The van der Waals surface area contributed by atoms with Gasteiger partial charge < -0.3 is 19.4 Å². The van der Waals surface area contributed by atoms with Gasteiger partial charge in [0.2, 0.25) is 5.91 Å². The number of halogens is 1. The fraction of sp³-hybridized carbons (Fsp3) is 0.357. The summed E-state index contributed by atoms with van der Waals surface area (Å²) < 4.78 is 5.19. The Kier molecular flexibility index (Phi) is 8.61. The smallest absolute Gasteiger partial charge is 0.254 e. The topological polar surface area (TPSA) is 78.9 Å². The molecule has 8 nitrogen and oxygen atoms in total. The van der Waals surface area contributed by atoms with Crippen LogP contribution in [0.3, 0.4) is 0 Å². The second-order valence-electron chi connectivity index (χ2n) is 9.43. The molecule has 0 spiro atoms. The first kappa shape index (κ1) is 26.4. The minimum absolute atomic E-state index is 0.0510. The normalized spacial score (nSPS) is 13.5. The van der Waals surface area contributed by atoms with E-state index in [2.05, 4.69) is 15.1 Å². The minimum atomic E-state index is -0.155. The van der Waals surface area contributed by atoms with Crippen LogP contribution < -0.4 is 9.64 Å². The number of carbonyl (C=O) groups excluding carboxylic acids is 2. The maximum Gasteiger partial charge on any atom is 0.254 e. The summed E-state index contributed by atoms with van der Waals surface area (Å²) in [5.74, 6) is 1.47. The molecule has 0 saturated carbocycles. The number of methoxy groups -OCH3 is 1. The van der Waals surface area contributed by atoms with Crippen molar-refractivity contribution in [3.8, 4) is 17.0 Å². The molecule has 0 N–H and O–H groups in total. The summed E-state index contributed by atoms with van der Waals surface area (Å²) in [6, 6.07) is 18.4. The molecule has 1 saturated heterocycles. The van der Waals surface area contributed by atoms with Crippen LogP contribution in [0.15, 0.2) is 60.7 Å². The molecule has 0 bridgehead atoms. The monoisotopic (exact) mass is 521 g/mol. The molecule has 0 atom stereocenters. The van der Waals surface area contributed by atoms with Crippen molar-refractivity contribution < 1.29 is 14.3 Å². The van der Waals surface area contributed by atoms with Crippen LogP contribution in [0.1, 0.15) is 24.2 Å². The zero-order chi connectivity index (χ0) is 26.4. The van der Waals surface area contributed by atoms with Crippen LogP contribution in [-0.2, 0) is 4.79 Å². The van der Waals surface area contributed by atoms with Gasteiger partial charge in [0.1, 0.15) is 12.3 Å². The van der Waals surface area contributed by atoms with Crippen molar-refractivity contribution in [2.45, 2.75) is 13.8 Å². The van der Waals surface area contributed by atoms with Crippen LogP contribution in [0.5, 0.6) is 5.75 Å². The lowest BCUT2D eigenvalue weighted by atomic mass is 10.1. The van der Waals surface area contributed by atoms with Crippen LogP contribution in [0.2, 0.25) is 5.02 Å². The molecule has 0 radical (unpaired) electrons. The zero-order valence-electron chi connectivity index (χ0n) is 21.4. The number of rotatable bonds is 8. The molecule has 1 aliphatic rings. The van der Waals surface area contributed by atoms with Crippen molar-refractivity contribution >= 4 is 29.2 Å². The van der Waals surface area contributed by atoms with E-state index >= 15 is 0 Å². The second kappa shape index (κ2) is 12.1. The Bertz CT molecular complexity index is 1210. The summed E-state index contributed by atoms with van der Waals surface area (Å²) in [6.45, 7) is 7.02. The molecule has 9 heteroatoms. The Balaban J connectivity index is 1.35. The number of anilines is 1. The van der Waals surface area contributed by atoms with Gasteiger partial charge in [-0.15, -0.1) is 10.2 Å². The van der Waals surface area contributed by atoms with Crippen LogP contribution >= 0.6 is 11.6 Å². The number of hydrogen-bond acceptors (Lipinski definition) is 6. The Morgan fingerprint density at radius 2 is 1.68 bits per heavy atom. The van der Waals surface area contributed by atoms with Crippen molar-refractivity contribution in [2.75, 3.05) is 51.3 Å². The first-order valence-electron chi connectivity index (χ1n) is 12.4. The number of carbonyl (C=O) groups is 2. The molecule has 37 heavy (non-hydrogen) atoms. The quantitative estimate of drug-likeness (QED) is 0.441. The van der Waals surface area contributed by atoms with E-state index in [9.17, 15) is 9.59 Å². The van der Waals surface area contributed by atoms with Crippen molar-refractivity contribution in [3.63, 3.8) is 0 Å². The predicted molar refractivity (Wildman–Crippen MR) is 145 cm³/mol. The lowest BCUT2D eigenvalue weighted by Gasteiger charge is -2.36. The number of hydrogen-bond donors (Lipinski definition) is 0. The highest BCUT2D eigenvalue weighted by Gasteiger charge is 2.26. The third-order valence-corrected chi connectivity index (χ3v) is 6.62. The van der Waals surface area contributed by atoms with Gasteiger partial charge in [-0.1, -0.05) is 43.6 Å². The lowest BCUT2D eigenvalue weighted by Crippen LogP contribution is -2.52. The molecule has 2 amide bonds. The van der Waals surface area contributed by atoms with Crippen molar-refractivity contribution in [2.24, 2.45) is 5.92 Å². The van der Waals surface area contributed by atoms with Gasteiger partial charge in [0.15, 0.2) is 5.82 Å². The van der Waals surface area contributed by atoms with Crippen molar-refractivity contribution in [1.82, 2.24) is 20.0 Å². The first-order chi connectivity index (χ1) is 17.9. The Hall–Kier alpha value is -3.65. The van der Waals surface area contributed by atoms with Crippen LogP contribution in [0.25, 0.3) is 11.3 Å². The summed E-state index contributed by atoms with van der Waals surface area (Å²) in [5.41, 5.74) is 2.10. The molecule has 2 aromatic carbocycles. The zero-order valence-corrected chi connectivity index (χ0v) is 22.2. The molecular weight excluding hydrogens is 490 g/mol. The van der Waals surface area contributed by atoms with Crippen molar-refractivity contribution in [1.29, 1.82) is 0 Å². The van der Waals surface area contributed by atoms with E-state index in [0.717, 1.165) is 17.1 Å². The number of benzene rings is 2. The maximum absolute atomic E-state index is 13.2. The lowest BCUT2D eigenvalue weighted by molar-refractivity contribution is -0.132. The number of nitrogens with zero attached hydrogens (tertiary/aromatic N) is 5. The second-order valence-corrected chi connectivity index (χ2v) is 9.84. The Morgan fingerprint density at radius 3 is 2.27 bits per heavy atom. The summed E-state index contributed by atoms with van der Waals surface area (Å²) in [6.07, 6.45) is 0. The Morgan fingerprint density at radius 1 is 0.973 bits per heavy atom. The number of piperazine rings is 1. The standard InChI is InChI=1S/C28H32ClN5O3/c1-20(2)18-34(28(36)21-8-10-22(37-3)11-9-21)19-27(35)33-16-14-32(15-17-33)26-13-12-25(30-31-26)23-6-4-5-7-24(23)29/h4-13,20H,14-19H2,1-3H3. The molecule has 0 aliphatic carbocycles. The van der Waals surface area contributed by atoms with E-state index in [0.29, 0.717) is 49.1 Å². The molecule has 1 fully saturated rings. The fourth-order valence-electron chi connectivity index (χ4n) is 4.33. The van der Waals surface area contributed by atoms with E-state index < -0.39 is 0 Å². The van der Waals surface area contributed by atoms with E-state index in [1.807, 2.05) is 55.1 Å². The molecule has 1 aliphatic heterocycles. The summed E-state index contributed by atoms with van der Waals surface area (Å²) in [4.78, 5) is 31.9. The summed E-state index contributed by atoms with van der Waals surface area (Å²) in [7, 11) is 1.59. The minimum Gasteiger partial charge on any atom is -0.497 e. The van der Waals surface area contributed by atoms with Crippen molar-refractivity contribution in [3.05, 3.63) is 71.2 Å². The number of amides is 2. The first-order valence-corrected chi connectivity index (χ1v) is 12.8. The van der Waals surface area contributed by atoms with Gasteiger partial charge in [0, 0.05) is 43.9 Å². The van der Waals surface area contributed by atoms with E-state index in [1.54, 1.807) is 36.3 Å². The summed E-state index contributed by atoms with van der Waals surface area (Å²) >= 11 is 6.28. The predicted octanol–water partition coefficient (Wildman–Crippen LogP) is 4.25. The van der Waals surface area contributed by atoms with Gasteiger partial charge in [-0.05, 0) is 48.4 Å². The third kappa shape index (κ3) is 6.57. The van der Waals surface area contributed by atoms with E-state index in [4.69, 9.17) is 16.3 Å². The van der Waals surface area contributed by atoms with Gasteiger partial charge >= 0.3 is 0 Å². The van der Waals surface area contributed by atoms with Gasteiger partial charge in [-0.25, -0.2) is 0 Å². The Labute approximate surface area is 222 Å². The van der Waals surface area contributed by atoms with Gasteiger partial charge in [-0.3, -0.25) is 9.59 Å². The number of ether oxygens (including phenoxy) is 1. The molecule has 3 aromatic rings. The van der Waals surface area contributed by atoms with E-state index in [-0.39, 0.29) is 24.3 Å². The fourth-order valence-corrected chi connectivity index (χ4v) is 4.56. The average Bonchev–Trinajstić information content (AvgIpc) is 2.92. The van der Waals surface area contributed by atoms with Crippen LogP contribution in [0.4, 0.5) is 5.82 Å². The van der Waals surface area contributed by atoms with Crippen LogP contribution in [-0.4, -0.2) is 78.2 Å². The molecule has 2 heterocycles. The third-order valence-electron chi connectivity index (χ3n) is 6.29. The largest absolute Gasteiger partial charge is 0.497 e. The van der Waals surface area contributed by atoms with Crippen LogP contribution in [0, 0.1) is 5.92 Å². The number of aromatic nitrogens is 2. The molecule has 194 valence electrons.